The minimum absolute atomic E-state index is 0.0333. The summed E-state index contributed by atoms with van der Waals surface area (Å²) in [6.45, 7) is 11.0. The van der Waals surface area contributed by atoms with Gasteiger partial charge in [-0.2, -0.15) is 0 Å². The summed E-state index contributed by atoms with van der Waals surface area (Å²) in [5.41, 5.74) is -0.0333. The second-order valence-electron chi connectivity index (χ2n) is 6.40. The minimum atomic E-state index is -0.0346. The van der Waals surface area contributed by atoms with Gasteiger partial charge in [-0.25, -0.2) is 0 Å². The maximum Gasteiger partial charge on any atom is 0.237 e. The predicted molar refractivity (Wildman–Crippen MR) is 84.3 cm³/mol. The van der Waals surface area contributed by atoms with Crippen molar-refractivity contribution in [2.75, 3.05) is 32.8 Å². The van der Waals surface area contributed by atoms with E-state index in [1.807, 2.05) is 6.92 Å². The van der Waals surface area contributed by atoms with Crippen LogP contribution in [0.2, 0.25) is 0 Å². The molecule has 2 aliphatic rings. The van der Waals surface area contributed by atoms with Crippen molar-refractivity contribution in [2.24, 2.45) is 0 Å². The van der Waals surface area contributed by atoms with Gasteiger partial charge in [0.15, 0.2) is 0 Å². The lowest BCUT2D eigenvalue weighted by molar-refractivity contribution is -0.130. The van der Waals surface area contributed by atoms with Crippen LogP contribution in [-0.2, 0) is 9.53 Å². The van der Waals surface area contributed by atoms with Crippen LogP contribution < -0.4 is 10.6 Å². The van der Waals surface area contributed by atoms with Crippen LogP contribution in [0.15, 0.2) is 0 Å². The second kappa shape index (κ2) is 7.56. The van der Waals surface area contributed by atoms with Crippen LogP contribution >= 0.6 is 0 Å². The summed E-state index contributed by atoms with van der Waals surface area (Å²) in [6, 6.07) is 0.226. The molecule has 2 unspecified atom stereocenters. The average Bonchev–Trinajstić information content (AvgIpc) is 2.55. The van der Waals surface area contributed by atoms with Crippen molar-refractivity contribution in [3.63, 3.8) is 0 Å². The monoisotopic (exact) mass is 297 g/mol. The van der Waals surface area contributed by atoms with Crippen LogP contribution in [-0.4, -0.2) is 61.3 Å². The lowest BCUT2D eigenvalue weighted by Crippen LogP contribution is -2.55. The molecule has 0 bridgehead atoms. The normalized spacial score (nSPS) is 28.0. The topological polar surface area (TPSA) is 53.6 Å². The number of nitrogens with one attached hydrogen (secondary N) is 2. The molecule has 5 nitrogen and oxygen atoms in total. The van der Waals surface area contributed by atoms with Crippen molar-refractivity contribution in [1.82, 2.24) is 15.5 Å². The van der Waals surface area contributed by atoms with Crippen LogP contribution in [0.3, 0.4) is 0 Å². The number of hydrogen-bond acceptors (Lipinski definition) is 4. The highest BCUT2D eigenvalue weighted by Gasteiger charge is 2.36. The number of rotatable bonds is 5. The lowest BCUT2D eigenvalue weighted by Gasteiger charge is -2.41. The van der Waals surface area contributed by atoms with E-state index in [9.17, 15) is 4.79 Å². The first-order valence-corrected chi connectivity index (χ1v) is 8.49. The molecule has 2 N–H and O–H groups in total. The Morgan fingerprint density at radius 3 is 2.67 bits per heavy atom. The third kappa shape index (κ3) is 4.18. The van der Waals surface area contributed by atoms with Crippen LogP contribution in [0.1, 0.15) is 46.5 Å². The molecule has 0 aliphatic carbocycles. The zero-order valence-corrected chi connectivity index (χ0v) is 13.8. The number of hydrogen-bond donors (Lipinski definition) is 2. The Bertz CT molecular complexity index is 338. The highest BCUT2D eigenvalue weighted by Crippen LogP contribution is 2.31. The van der Waals surface area contributed by atoms with Gasteiger partial charge in [-0.05, 0) is 32.6 Å². The first-order valence-electron chi connectivity index (χ1n) is 8.49. The molecular formula is C16H31N3O2. The summed E-state index contributed by atoms with van der Waals surface area (Å²) in [7, 11) is 0. The maximum absolute atomic E-state index is 12.5. The van der Waals surface area contributed by atoms with Gasteiger partial charge >= 0.3 is 0 Å². The van der Waals surface area contributed by atoms with Gasteiger partial charge in [0, 0.05) is 38.8 Å². The Balaban J connectivity index is 1.86. The van der Waals surface area contributed by atoms with E-state index < -0.39 is 0 Å². The smallest absolute Gasteiger partial charge is 0.237 e. The summed E-state index contributed by atoms with van der Waals surface area (Å²) in [5.74, 6) is 0.171. The van der Waals surface area contributed by atoms with Gasteiger partial charge in [0.05, 0.1) is 11.6 Å². The largest absolute Gasteiger partial charge is 0.375 e. The number of carbonyl (C=O) groups excluding carboxylic acids is 1. The standard InChI is InChI=1S/C16H31N3O2/c1-4-16(5-2)12-14(6-11-21-16)18-15(20)13(3)19-9-7-17-8-10-19/h13-14,17H,4-12H2,1-3H3,(H,18,20). The molecule has 21 heavy (non-hydrogen) atoms. The van der Waals surface area contributed by atoms with Crippen molar-refractivity contribution < 1.29 is 9.53 Å². The van der Waals surface area contributed by atoms with E-state index in [4.69, 9.17) is 4.74 Å². The van der Waals surface area contributed by atoms with Crippen LogP contribution in [0.25, 0.3) is 0 Å². The van der Waals surface area contributed by atoms with Crippen molar-refractivity contribution in [3.8, 4) is 0 Å². The zero-order valence-electron chi connectivity index (χ0n) is 13.8. The van der Waals surface area contributed by atoms with Gasteiger partial charge in [-0.3, -0.25) is 9.69 Å². The molecule has 2 aliphatic heterocycles. The van der Waals surface area contributed by atoms with E-state index in [1.54, 1.807) is 0 Å². The molecule has 2 heterocycles. The third-order valence-corrected chi connectivity index (χ3v) is 5.21. The summed E-state index contributed by atoms with van der Waals surface area (Å²) in [4.78, 5) is 14.7. The number of amides is 1. The van der Waals surface area contributed by atoms with E-state index in [0.717, 1.165) is 58.5 Å². The fourth-order valence-electron chi connectivity index (χ4n) is 3.45. The maximum atomic E-state index is 12.5. The number of piperazine rings is 1. The van der Waals surface area contributed by atoms with Gasteiger partial charge in [-0.1, -0.05) is 13.8 Å². The molecule has 122 valence electrons. The molecule has 0 radical (unpaired) electrons. The molecule has 1 amide bonds. The first-order chi connectivity index (χ1) is 10.1. The van der Waals surface area contributed by atoms with Crippen molar-refractivity contribution in [3.05, 3.63) is 0 Å². The van der Waals surface area contributed by atoms with Gasteiger partial charge in [-0.15, -0.1) is 0 Å². The average molecular weight is 297 g/mol. The molecule has 0 aromatic carbocycles. The Kier molecular flexibility index (Phi) is 6.02. The Morgan fingerprint density at radius 2 is 2.05 bits per heavy atom. The van der Waals surface area contributed by atoms with Crippen LogP contribution in [0, 0.1) is 0 Å². The Hall–Kier alpha value is -0.650. The summed E-state index contributed by atoms with van der Waals surface area (Å²) < 4.78 is 5.98. The molecule has 2 rings (SSSR count). The number of carbonyl (C=O) groups is 1. The van der Waals surface area contributed by atoms with Crippen LogP contribution in [0.4, 0.5) is 0 Å². The van der Waals surface area contributed by atoms with E-state index in [2.05, 4.69) is 29.4 Å². The van der Waals surface area contributed by atoms with Gasteiger partial charge in [0.25, 0.3) is 0 Å². The highest BCUT2D eigenvalue weighted by atomic mass is 16.5. The van der Waals surface area contributed by atoms with Gasteiger partial charge in [0.2, 0.25) is 5.91 Å². The van der Waals surface area contributed by atoms with E-state index in [0.29, 0.717) is 0 Å². The zero-order chi connectivity index (χ0) is 15.3. The fourth-order valence-corrected chi connectivity index (χ4v) is 3.45. The molecule has 2 saturated heterocycles. The molecule has 0 aromatic rings. The Labute approximate surface area is 128 Å². The molecule has 2 fully saturated rings. The van der Waals surface area contributed by atoms with E-state index in [-0.39, 0.29) is 23.6 Å². The molecule has 2 atom stereocenters. The van der Waals surface area contributed by atoms with Crippen molar-refractivity contribution in [2.45, 2.75) is 64.1 Å². The predicted octanol–water partition coefficient (Wildman–Crippen LogP) is 1.13. The van der Waals surface area contributed by atoms with Crippen LogP contribution in [0.5, 0.6) is 0 Å². The number of nitrogens with zero attached hydrogens (tertiary/aromatic N) is 1. The summed E-state index contributed by atoms with van der Waals surface area (Å²) >= 11 is 0. The molecular weight excluding hydrogens is 266 g/mol. The third-order valence-electron chi connectivity index (χ3n) is 5.21. The van der Waals surface area contributed by atoms with Gasteiger partial charge in [0.1, 0.15) is 0 Å². The highest BCUT2D eigenvalue weighted by molar-refractivity contribution is 5.81. The lowest BCUT2D eigenvalue weighted by atomic mass is 9.86. The SMILES string of the molecule is CCC1(CC)CC(NC(=O)C(C)N2CCNCC2)CCO1. The quantitative estimate of drug-likeness (QED) is 0.799. The summed E-state index contributed by atoms with van der Waals surface area (Å²) in [6.07, 6.45) is 3.91. The summed E-state index contributed by atoms with van der Waals surface area (Å²) in [5, 5.41) is 6.58. The van der Waals surface area contributed by atoms with Crippen molar-refractivity contribution >= 4 is 5.91 Å². The van der Waals surface area contributed by atoms with Crippen molar-refractivity contribution in [1.29, 1.82) is 0 Å². The first kappa shape index (κ1) is 16.7. The molecule has 0 spiro atoms. The molecule has 5 heteroatoms. The Morgan fingerprint density at radius 1 is 1.38 bits per heavy atom. The van der Waals surface area contributed by atoms with Gasteiger partial charge < -0.3 is 15.4 Å². The molecule has 0 aromatic heterocycles. The minimum Gasteiger partial charge on any atom is -0.375 e. The van der Waals surface area contributed by atoms with E-state index >= 15 is 0 Å². The fraction of sp³-hybridized carbons (Fsp3) is 0.938. The van der Waals surface area contributed by atoms with E-state index in [1.165, 1.54) is 0 Å². The number of ether oxygens (including phenoxy) is 1. The molecule has 0 saturated carbocycles. The second-order valence-corrected chi connectivity index (χ2v) is 6.40.